The van der Waals surface area contributed by atoms with Crippen molar-refractivity contribution >= 4 is 45.1 Å². The molecule has 30 heavy (non-hydrogen) atoms. The monoisotopic (exact) mass is 483 g/mol. The average molecular weight is 484 g/mol. The van der Waals surface area contributed by atoms with E-state index in [9.17, 15) is 4.79 Å². The third kappa shape index (κ3) is 3.90. The Balaban J connectivity index is 1.70. The van der Waals surface area contributed by atoms with Crippen LogP contribution >= 0.6 is 27.7 Å². The molecule has 0 fully saturated rings. The number of nitrogens with one attached hydrogen (secondary N) is 1. The van der Waals surface area contributed by atoms with Crippen LogP contribution in [0.2, 0.25) is 0 Å². The molecule has 0 saturated heterocycles. The molecule has 0 radical (unpaired) electrons. The predicted octanol–water partition coefficient (Wildman–Crippen LogP) is 4.92. The first-order valence-electron chi connectivity index (χ1n) is 9.06. The number of aryl methyl sites for hydroxylation is 1. The molecule has 1 amide bonds. The fourth-order valence-electron chi connectivity index (χ4n) is 2.93. The summed E-state index contributed by atoms with van der Waals surface area (Å²) in [5, 5.41) is 8.20. The van der Waals surface area contributed by atoms with Crippen molar-refractivity contribution in [3.8, 4) is 5.75 Å². The molecule has 2 aromatic carbocycles. The maximum Gasteiger partial charge on any atom is 0.259 e. The van der Waals surface area contributed by atoms with E-state index in [1.807, 2.05) is 44.2 Å². The number of hydrogen-bond donors (Lipinski definition) is 1. The van der Waals surface area contributed by atoms with Crippen molar-refractivity contribution in [3.63, 3.8) is 0 Å². The third-order valence-corrected chi connectivity index (χ3v) is 6.34. The van der Waals surface area contributed by atoms with E-state index in [2.05, 4.69) is 36.3 Å². The van der Waals surface area contributed by atoms with Crippen LogP contribution in [0.25, 0.3) is 5.78 Å². The van der Waals surface area contributed by atoms with E-state index in [1.54, 1.807) is 23.8 Å². The standard InChI is InChI=1S/C21H18BrN5O2S/c1-12-13(2)25-21-23-11-24-27(21)20(12)30-18-7-5-4-6-16(18)26-19(28)15-10-14(22)8-9-17(15)29-3/h4-11H,1-3H3,(H,26,28). The van der Waals surface area contributed by atoms with Crippen molar-refractivity contribution in [2.45, 2.75) is 23.8 Å². The first-order valence-corrected chi connectivity index (χ1v) is 10.7. The Morgan fingerprint density at radius 2 is 2.00 bits per heavy atom. The van der Waals surface area contributed by atoms with Gasteiger partial charge >= 0.3 is 0 Å². The molecule has 4 rings (SSSR count). The number of carbonyl (C=O) groups excluding carboxylic acids is 1. The highest BCUT2D eigenvalue weighted by molar-refractivity contribution is 9.10. The van der Waals surface area contributed by atoms with E-state index >= 15 is 0 Å². The lowest BCUT2D eigenvalue weighted by Gasteiger charge is -2.14. The summed E-state index contributed by atoms with van der Waals surface area (Å²) in [5.74, 6) is 0.793. The number of aromatic nitrogens is 4. The number of nitrogens with zero attached hydrogens (tertiary/aromatic N) is 4. The van der Waals surface area contributed by atoms with Crippen LogP contribution in [0.4, 0.5) is 5.69 Å². The zero-order chi connectivity index (χ0) is 21.3. The minimum atomic E-state index is -0.255. The van der Waals surface area contributed by atoms with Crippen LogP contribution in [0, 0.1) is 13.8 Å². The molecule has 1 N–H and O–H groups in total. The number of rotatable bonds is 5. The molecule has 0 aliphatic carbocycles. The van der Waals surface area contributed by atoms with E-state index in [0.29, 0.717) is 22.8 Å². The van der Waals surface area contributed by atoms with E-state index in [4.69, 9.17) is 4.74 Å². The van der Waals surface area contributed by atoms with Crippen LogP contribution in [-0.4, -0.2) is 32.6 Å². The van der Waals surface area contributed by atoms with Gasteiger partial charge in [0.2, 0.25) is 0 Å². The second-order valence-corrected chi connectivity index (χ2v) is 8.44. The SMILES string of the molecule is COc1ccc(Br)cc1C(=O)Nc1ccccc1Sc1c(C)c(C)nc2ncnn12. The van der Waals surface area contributed by atoms with Crippen molar-refractivity contribution in [2.24, 2.45) is 0 Å². The maximum absolute atomic E-state index is 13.0. The minimum Gasteiger partial charge on any atom is -0.496 e. The minimum absolute atomic E-state index is 0.255. The number of amides is 1. The lowest BCUT2D eigenvalue weighted by molar-refractivity contribution is 0.102. The van der Waals surface area contributed by atoms with Gasteiger partial charge in [0.1, 0.15) is 17.1 Å². The first kappa shape index (κ1) is 20.4. The second kappa shape index (κ2) is 8.45. The molecule has 2 heterocycles. The summed E-state index contributed by atoms with van der Waals surface area (Å²) < 4.78 is 7.85. The molecule has 0 aliphatic heterocycles. The number of hydrogen-bond acceptors (Lipinski definition) is 6. The molecule has 9 heteroatoms. The van der Waals surface area contributed by atoms with E-state index in [0.717, 1.165) is 25.7 Å². The van der Waals surface area contributed by atoms with Crippen LogP contribution < -0.4 is 10.1 Å². The van der Waals surface area contributed by atoms with Crippen LogP contribution in [0.5, 0.6) is 5.75 Å². The smallest absolute Gasteiger partial charge is 0.259 e. The van der Waals surface area contributed by atoms with Gasteiger partial charge in [0.05, 0.1) is 18.4 Å². The number of carbonyl (C=O) groups is 1. The normalized spacial score (nSPS) is 10.9. The Morgan fingerprint density at radius 1 is 1.20 bits per heavy atom. The van der Waals surface area contributed by atoms with Gasteiger partial charge in [-0.15, -0.1) is 0 Å². The molecule has 0 spiro atoms. The zero-order valence-electron chi connectivity index (χ0n) is 16.5. The molecule has 4 aromatic rings. The summed E-state index contributed by atoms with van der Waals surface area (Å²) >= 11 is 4.92. The summed E-state index contributed by atoms with van der Waals surface area (Å²) in [6.45, 7) is 3.95. The van der Waals surface area contributed by atoms with Crippen molar-refractivity contribution < 1.29 is 9.53 Å². The van der Waals surface area contributed by atoms with Crippen molar-refractivity contribution in [3.05, 3.63) is 70.1 Å². The average Bonchev–Trinajstić information content (AvgIpc) is 3.20. The van der Waals surface area contributed by atoms with Crippen LogP contribution in [0.3, 0.4) is 0 Å². The van der Waals surface area contributed by atoms with Gasteiger partial charge in [-0.2, -0.15) is 14.6 Å². The van der Waals surface area contributed by atoms with Crippen molar-refractivity contribution in [2.75, 3.05) is 12.4 Å². The Labute approximate surface area is 186 Å². The number of anilines is 1. The van der Waals surface area contributed by atoms with Gasteiger partial charge in [0.15, 0.2) is 0 Å². The second-order valence-electron chi connectivity index (χ2n) is 6.50. The van der Waals surface area contributed by atoms with Crippen LogP contribution in [0.1, 0.15) is 21.6 Å². The van der Waals surface area contributed by atoms with Gasteiger partial charge in [0.25, 0.3) is 11.7 Å². The topological polar surface area (TPSA) is 81.4 Å². The Morgan fingerprint density at radius 3 is 2.80 bits per heavy atom. The number of halogens is 1. The van der Waals surface area contributed by atoms with Gasteiger partial charge in [-0.05, 0) is 44.2 Å². The number of para-hydroxylation sites is 1. The summed E-state index contributed by atoms with van der Waals surface area (Å²) in [7, 11) is 1.54. The van der Waals surface area contributed by atoms with E-state index < -0.39 is 0 Å². The molecule has 0 aliphatic rings. The maximum atomic E-state index is 13.0. The van der Waals surface area contributed by atoms with Gasteiger partial charge < -0.3 is 10.1 Å². The molecule has 0 atom stereocenters. The highest BCUT2D eigenvalue weighted by Gasteiger charge is 2.17. The summed E-state index contributed by atoms with van der Waals surface area (Å²) in [4.78, 5) is 22.5. The van der Waals surface area contributed by atoms with Gasteiger partial charge in [0, 0.05) is 20.6 Å². The van der Waals surface area contributed by atoms with Crippen molar-refractivity contribution in [1.29, 1.82) is 0 Å². The van der Waals surface area contributed by atoms with Crippen LogP contribution in [-0.2, 0) is 0 Å². The quantitative estimate of drug-likeness (QED) is 0.405. The predicted molar refractivity (Wildman–Crippen MR) is 119 cm³/mol. The lowest BCUT2D eigenvalue weighted by Crippen LogP contribution is -2.14. The zero-order valence-corrected chi connectivity index (χ0v) is 18.9. The Bertz CT molecular complexity index is 1260. The highest BCUT2D eigenvalue weighted by atomic mass is 79.9. The number of benzene rings is 2. The highest BCUT2D eigenvalue weighted by Crippen LogP contribution is 2.36. The summed E-state index contributed by atoms with van der Waals surface area (Å²) in [6.07, 6.45) is 1.48. The summed E-state index contributed by atoms with van der Waals surface area (Å²) in [6, 6.07) is 13.0. The molecule has 152 valence electrons. The molecular formula is C21H18BrN5O2S. The van der Waals surface area contributed by atoms with Gasteiger partial charge in [-0.25, -0.2) is 4.98 Å². The summed E-state index contributed by atoms with van der Waals surface area (Å²) in [5.41, 5.74) is 3.03. The molecule has 0 bridgehead atoms. The van der Waals surface area contributed by atoms with Crippen molar-refractivity contribution in [1.82, 2.24) is 19.6 Å². The Kier molecular flexibility index (Phi) is 5.74. The fourth-order valence-corrected chi connectivity index (χ4v) is 4.39. The third-order valence-electron chi connectivity index (χ3n) is 4.60. The fraction of sp³-hybridized carbons (Fsp3) is 0.143. The molecule has 2 aromatic heterocycles. The molecule has 7 nitrogen and oxygen atoms in total. The van der Waals surface area contributed by atoms with Gasteiger partial charge in [-0.3, -0.25) is 4.79 Å². The largest absolute Gasteiger partial charge is 0.496 e. The van der Waals surface area contributed by atoms with Gasteiger partial charge in [-0.1, -0.05) is 39.8 Å². The first-order chi connectivity index (χ1) is 14.5. The molecular weight excluding hydrogens is 466 g/mol. The van der Waals surface area contributed by atoms with Crippen LogP contribution in [0.15, 0.2) is 63.2 Å². The Hall–Kier alpha value is -2.91. The lowest BCUT2D eigenvalue weighted by atomic mass is 10.2. The molecule has 0 unspecified atom stereocenters. The molecule has 0 saturated carbocycles. The number of methoxy groups -OCH3 is 1. The van der Waals surface area contributed by atoms with E-state index in [-0.39, 0.29) is 5.91 Å². The number of fused-ring (bicyclic) bond motifs is 1. The number of ether oxygens (including phenoxy) is 1. The van der Waals surface area contributed by atoms with E-state index in [1.165, 1.54) is 18.1 Å².